The maximum absolute atomic E-state index is 10.3. The molecular formula is C19H21N3. The van der Waals surface area contributed by atoms with Gasteiger partial charge in [-0.3, -0.25) is 4.90 Å². The SMILES string of the molecule is CC[C@]12CCCN3CCc4c(n(c5ccccc45)C1)[C@@]32C#N. The summed E-state index contributed by atoms with van der Waals surface area (Å²) < 4.78 is 2.49. The third kappa shape index (κ3) is 1.13. The van der Waals surface area contributed by atoms with E-state index in [4.69, 9.17) is 0 Å². The minimum atomic E-state index is -0.382. The molecule has 0 unspecified atom stereocenters. The summed E-state index contributed by atoms with van der Waals surface area (Å²) in [7, 11) is 0. The summed E-state index contributed by atoms with van der Waals surface area (Å²) >= 11 is 0. The van der Waals surface area contributed by atoms with E-state index in [9.17, 15) is 5.26 Å². The van der Waals surface area contributed by atoms with Crippen molar-refractivity contribution in [3.8, 4) is 6.07 Å². The lowest BCUT2D eigenvalue weighted by Crippen LogP contribution is -2.60. The summed E-state index contributed by atoms with van der Waals surface area (Å²) in [5, 5.41) is 11.7. The quantitative estimate of drug-likeness (QED) is 0.806. The Kier molecular flexibility index (Phi) is 2.28. The molecule has 1 aromatic carbocycles. The van der Waals surface area contributed by atoms with Crippen LogP contribution in [0.1, 0.15) is 37.4 Å². The third-order valence-corrected chi connectivity index (χ3v) is 6.67. The van der Waals surface area contributed by atoms with Crippen LogP contribution in [0, 0.1) is 16.7 Å². The summed E-state index contributed by atoms with van der Waals surface area (Å²) in [6.45, 7) is 5.42. The van der Waals surface area contributed by atoms with Crippen molar-refractivity contribution in [2.75, 3.05) is 13.1 Å². The number of benzene rings is 1. The van der Waals surface area contributed by atoms with Crippen LogP contribution >= 0.6 is 0 Å². The summed E-state index contributed by atoms with van der Waals surface area (Å²) in [6, 6.07) is 11.6. The first-order chi connectivity index (χ1) is 10.8. The van der Waals surface area contributed by atoms with Crippen LogP contribution in [0.25, 0.3) is 10.9 Å². The molecule has 2 atom stereocenters. The smallest absolute Gasteiger partial charge is 0.157 e. The molecule has 3 aliphatic heterocycles. The summed E-state index contributed by atoms with van der Waals surface area (Å²) in [5.74, 6) is 0. The van der Waals surface area contributed by atoms with E-state index in [1.807, 2.05) is 0 Å². The molecule has 112 valence electrons. The Balaban J connectivity index is 1.93. The van der Waals surface area contributed by atoms with Gasteiger partial charge in [0.2, 0.25) is 0 Å². The third-order valence-electron chi connectivity index (χ3n) is 6.67. The normalized spacial score (nSPS) is 32.9. The number of para-hydroxylation sites is 1. The van der Waals surface area contributed by atoms with Crippen molar-refractivity contribution >= 4 is 10.9 Å². The van der Waals surface area contributed by atoms with Gasteiger partial charge in [-0.2, -0.15) is 5.26 Å². The number of aromatic nitrogens is 1. The molecule has 0 N–H and O–H groups in total. The van der Waals surface area contributed by atoms with Crippen LogP contribution in [0.15, 0.2) is 24.3 Å². The number of rotatable bonds is 1. The molecular weight excluding hydrogens is 270 g/mol. The fourth-order valence-corrected chi connectivity index (χ4v) is 5.71. The van der Waals surface area contributed by atoms with Gasteiger partial charge >= 0.3 is 0 Å². The first-order valence-corrected chi connectivity index (χ1v) is 8.54. The number of nitriles is 1. The molecule has 2 aromatic rings. The van der Waals surface area contributed by atoms with E-state index in [0.717, 1.165) is 32.5 Å². The summed E-state index contributed by atoms with van der Waals surface area (Å²) in [6.07, 6.45) is 4.59. The number of fused-ring (bicyclic) bond motifs is 3. The second-order valence-electron chi connectivity index (χ2n) is 7.23. The topological polar surface area (TPSA) is 32.0 Å². The Morgan fingerprint density at radius 3 is 2.95 bits per heavy atom. The van der Waals surface area contributed by atoms with Crippen LogP contribution in [-0.4, -0.2) is 22.6 Å². The Morgan fingerprint density at radius 2 is 2.14 bits per heavy atom. The highest BCUT2D eigenvalue weighted by molar-refractivity contribution is 5.87. The molecule has 0 spiro atoms. The molecule has 1 fully saturated rings. The first kappa shape index (κ1) is 12.7. The predicted molar refractivity (Wildman–Crippen MR) is 86.5 cm³/mol. The number of hydrogen-bond donors (Lipinski definition) is 0. The van der Waals surface area contributed by atoms with E-state index in [0.29, 0.717) is 0 Å². The molecule has 1 aromatic heterocycles. The van der Waals surface area contributed by atoms with Crippen molar-refractivity contribution in [3.05, 3.63) is 35.5 Å². The van der Waals surface area contributed by atoms with Gasteiger partial charge in [0.05, 0.1) is 11.8 Å². The van der Waals surface area contributed by atoms with Gasteiger partial charge in [0.1, 0.15) is 0 Å². The molecule has 3 heteroatoms. The van der Waals surface area contributed by atoms with Crippen molar-refractivity contribution in [3.63, 3.8) is 0 Å². The highest BCUT2D eigenvalue weighted by atomic mass is 15.3. The minimum absolute atomic E-state index is 0.106. The predicted octanol–water partition coefficient (Wildman–Crippen LogP) is 3.42. The molecule has 0 amide bonds. The molecule has 3 nitrogen and oxygen atoms in total. The highest BCUT2D eigenvalue weighted by Crippen LogP contribution is 2.61. The van der Waals surface area contributed by atoms with E-state index in [1.54, 1.807) is 0 Å². The molecule has 1 saturated heterocycles. The van der Waals surface area contributed by atoms with Crippen LogP contribution in [0.3, 0.4) is 0 Å². The van der Waals surface area contributed by atoms with E-state index in [1.165, 1.54) is 35.0 Å². The Bertz CT molecular complexity index is 827. The molecule has 5 rings (SSSR count). The second kappa shape index (κ2) is 3.94. The van der Waals surface area contributed by atoms with E-state index >= 15 is 0 Å². The van der Waals surface area contributed by atoms with Crippen molar-refractivity contribution in [2.45, 2.75) is 44.7 Å². The fourth-order valence-electron chi connectivity index (χ4n) is 5.71. The van der Waals surface area contributed by atoms with E-state index in [-0.39, 0.29) is 11.0 Å². The van der Waals surface area contributed by atoms with Gasteiger partial charge in [0, 0.05) is 36.0 Å². The maximum Gasteiger partial charge on any atom is 0.157 e. The van der Waals surface area contributed by atoms with Gasteiger partial charge < -0.3 is 4.57 Å². The first-order valence-electron chi connectivity index (χ1n) is 8.54. The lowest BCUT2D eigenvalue weighted by atomic mass is 9.61. The Morgan fingerprint density at radius 1 is 1.27 bits per heavy atom. The van der Waals surface area contributed by atoms with Crippen molar-refractivity contribution in [2.24, 2.45) is 5.41 Å². The molecule has 0 bridgehead atoms. The fraction of sp³-hybridized carbons (Fsp3) is 0.526. The standard InChI is InChI=1S/C19H21N3/c1-2-18-9-5-10-21-11-8-15-14-6-3-4-7-16(14)22(13-18)17(15)19(18,21)12-20/h3-4,6-7H,2,5,8-11,13H2,1H3/t18-,19+/m0/s1. The van der Waals surface area contributed by atoms with Crippen LogP contribution in [-0.2, 0) is 18.5 Å². The maximum atomic E-state index is 10.3. The van der Waals surface area contributed by atoms with Crippen LogP contribution in [0.2, 0.25) is 0 Å². The molecule has 0 aliphatic carbocycles. The number of piperidine rings is 1. The number of hydrogen-bond acceptors (Lipinski definition) is 2. The lowest BCUT2D eigenvalue weighted by Gasteiger charge is -2.53. The van der Waals surface area contributed by atoms with Gasteiger partial charge in [-0.15, -0.1) is 0 Å². The lowest BCUT2D eigenvalue weighted by molar-refractivity contribution is -0.0388. The largest absolute Gasteiger partial charge is 0.341 e. The van der Waals surface area contributed by atoms with Crippen molar-refractivity contribution in [1.82, 2.24) is 9.47 Å². The van der Waals surface area contributed by atoms with Crippen LogP contribution in [0.5, 0.6) is 0 Å². The molecule has 22 heavy (non-hydrogen) atoms. The van der Waals surface area contributed by atoms with Crippen molar-refractivity contribution in [1.29, 1.82) is 5.26 Å². The average molecular weight is 291 g/mol. The Labute approximate surface area is 131 Å². The highest BCUT2D eigenvalue weighted by Gasteiger charge is 2.64. The second-order valence-corrected chi connectivity index (χ2v) is 7.23. The van der Waals surface area contributed by atoms with Gasteiger partial charge in [-0.05, 0) is 37.3 Å². The van der Waals surface area contributed by atoms with Gasteiger partial charge in [0.25, 0.3) is 0 Å². The zero-order valence-corrected chi connectivity index (χ0v) is 13.1. The molecule has 3 aliphatic rings. The summed E-state index contributed by atoms with van der Waals surface area (Å²) in [5.41, 5.74) is 3.85. The summed E-state index contributed by atoms with van der Waals surface area (Å²) in [4.78, 5) is 2.50. The zero-order chi connectivity index (χ0) is 14.9. The zero-order valence-electron chi connectivity index (χ0n) is 13.1. The van der Waals surface area contributed by atoms with Crippen molar-refractivity contribution < 1.29 is 0 Å². The van der Waals surface area contributed by atoms with E-state index < -0.39 is 0 Å². The van der Waals surface area contributed by atoms with Gasteiger partial charge in [-0.1, -0.05) is 25.1 Å². The van der Waals surface area contributed by atoms with Gasteiger partial charge in [-0.25, -0.2) is 0 Å². The van der Waals surface area contributed by atoms with Crippen LogP contribution < -0.4 is 0 Å². The molecule has 0 radical (unpaired) electrons. The minimum Gasteiger partial charge on any atom is -0.341 e. The molecule has 0 saturated carbocycles. The average Bonchev–Trinajstić information content (AvgIpc) is 3.05. The van der Waals surface area contributed by atoms with E-state index in [2.05, 4.69) is 46.7 Å². The van der Waals surface area contributed by atoms with Gasteiger partial charge in [0.15, 0.2) is 5.54 Å². The van der Waals surface area contributed by atoms with Crippen LogP contribution in [0.4, 0.5) is 0 Å². The number of nitrogens with zero attached hydrogens (tertiary/aromatic N) is 3. The Hall–Kier alpha value is -1.79. The monoisotopic (exact) mass is 291 g/mol. The molecule has 4 heterocycles.